The third kappa shape index (κ3) is 3.00. The number of pyridine rings is 1. The van der Waals surface area contributed by atoms with E-state index in [1.165, 1.54) is 0 Å². The van der Waals surface area contributed by atoms with Gasteiger partial charge in [0.05, 0.1) is 0 Å². The first-order chi connectivity index (χ1) is 8.70. The number of hydrogen-bond acceptors (Lipinski definition) is 2. The first kappa shape index (κ1) is 12.9. The normalized spacial score (nSPS) is 10.6. The molecule has 1 aromatic heterocycles. The van der Waals surface area contributed by atoms with Crippen LogP contribution in [0.4, 0.5) is 0 Å². The van der Waals surface area contributed by atoms with Crippen molar-refractivity contribution in [2.75, 3.05) is 6.54 Å². The van der Waals surface area contributed by atoms with Crippen LogP contribution in [0.3, 0.4) is 0 Å². The third-order valence-electron chi connectivity index (χ3n) is 2.71. The number of aromatic amines is 1. The lowest BCUT2D eigenvalue weighted by atomic mass is 10.1. The number of aromatic nitrogens is 1. The van der Waals surface area contributed by atoms with Crippen molar-refractivity contribution in [1.82, 2.24) is 10.3 Å². The molecule has 0 saturated heterocycles. The predicted octanol–water partition coefficient (Wildman–Crippen LogP) is 2.80. The summed E-state index contributed by atoms with van der Waals surface area (Å²) in [7, 11) is 0. The average molecular weight is 263 g/mol. The van der Waals surface area contributed by atoms with Crippen molar-refractivity contribution in [1.29, 1.82) is 0 Å². The van der Waals surface area contributed by atoms with Gasteiger partial charge >= 0.3 is 0 Å². The molecule has 18 heavy (non-hydrogen) atoms. The second-order valence-corrected chi connectivity index (χ2v) is 4.45. The van der Waals surface area contributed by atoms with Crippen LogP contribution in [0, 0.1) is 0 Å². The smallest absolute Gasteiger partial charge is 0.252 e. The van der Waals surface area contributed by atoms with Gasteiger partial charge in [-0.3, -0.25) is 4.79 Å². The van der Waals surface area contributed by atoms with Gasteiger partial charge in [-0.1, -0.05) is 36.7 Å². The van der Waals surface area contributed by atoms with Crippen molar-refractivity contribution in [3.8, 4) is 11.3 Å². The van der Waals surface area contributed by atoms with E-state index >= 15 is 0 Å². The maximum atomic E-state index is 11.9. The summed E-state index contributed by atoms with van der Waals surface area (Å²) in [5, 5.41) is 3.82. The summed E-state index contributed by atoms with van der Waals surface area (Å²) in [5.41, 5.74) is 2.45. The molecule has 3 nitrogen and oxygen atoms in total. The Balaban J connectivity index is 2.28. The Bertz CT molecular complexity index is 575. The SMILES string of the molecule is CCNCc1ccc(-c2ccc(Cl)cc2)[nH]c1=O. The maximum Gasteiger partial charge on any atom is 0.252 e. The molecule has 2 rings (SSSR count). The topological polar surface area (TPSA) is 44.9 Å². The molecule has 1 aromatic carbocycles. The summed E-state index contributed by atoms with van der Waals surface area (Å²) in [6.07, 6.45) is 0. The first-order valence-electron chi connectivity index (χ1n) is 5.89. The van der Waals surface area contributed by atoms with E-state index in [9.17, 15) is 4.79 Å². The fourth-order valence-electron chi connectivity index (χ4n) is 1.70. The Morgan fingerprint density at radius 2 is 1.89 bits per heavy atom. The van der Waals surface area contributed by atoms with Gasteiger partial charge in [0.15, 0.2) is 0 Å². The summed E-state index contributed by atoms with van der Waals surface area (Å²) in [4.78, 5) is 14.7. The number of benzene rings is 1. The van der Waals surface area contributed by atoms with Crippen LogP contribution in [-0.2, 0) is 6.54 Å². The molecule has 1 heterocycles. The highest BCUT2D eigenvalue weighted by molar-refractivity contribution is 6.30. The lowest BCUT2D eigenvalue weighted by Gasteiger charge is -2.05. The quantitative estimate of drug-likeness (QED) is 0.890. The first-order valence-corrected chi connectivity index (χ1v) is 6.27. The van der Waals surface area contributed by atoms with E-state index in [0.29, 0.717) is 11.6 Å². The maximum absolute atomic E-state index is 11.9. The molecule has 4 heteroatoms. The molecule has 0 aliphatic heterocycles. The minimum Gasteiger partial charge on any atom is -0.322 e. The van der Waals surface area contributed by atoms with Gasteiger partial charge in [0.1, 0.15) is 0 Å². The summed E-state index contributed by atoms with van der Waals surface area (Å²) in [6, 6.07) is 11.2. The zero-order chi connectivity index (χ0) is 13.0. The van der Waals surface area contributed by atoms with Crippen LogP contribution >= 0.6 is 11.6 Å². The molecule has 0 unspecified atom stereocenters. The van der Waals surface area contributed by atoms with Crippen LogP contribution in [0.25, 0.3) is 11.3 Å². The van der Waals surface area contributed by atoms with E-state index < -0.39 is 0 Å². The fourth-order valence-corrected chi connectivity index (χ4v) is 1.83. The van der Waals surface area contributed by atoms with Crippen LogP contribution in [0.15, 0.2) is 41.2 Å². The van der Waals surface area contributed by atoms with Crippen molar-refractivity contribution in [3.63, 3.8) is 0 Å². The van der Waals surface area contributed by atoms with E-state index in [4.69, 9.17) is 11.6 Å². The lowest BCUT2D eigenvalue weighted by Crippen LogP contribution is -2.20. The summed E-state index contributed by atoms with van der Waals surface area (Å²) in [5.74, 6) is 0. The van der Waals surface area contributed by atoms with Gasteiger partial charge in [-0.05, 0) is 30.3 Å². The zero-order valence-electron chi connectivity index (χ0n) is 10.2. The van der Waals surface area contributed by atoms with Gasteiger partial charge < -0.3 is 10.3 Å². The van der Waals surface area contributed by atoms with Crippen LogP contribution in [0.2, 0.25) is 5.02 Å². The molecule has 0 bridgehead atoms. The minimum atomic E-state index is -0.0524. The highest BCUT2D eigenvalue weighted by atomic mass is 35.5. The Labute approximate surface area is 111 Å². The van der Waals surface area contributed by atoms with Gasteiger partial charge in [-0.25, -0.2) is 0 Å². The molecule has 0 spiro atoms. The molecule has 0 amide bonds. The Kier molecular flexibility index (Phi) is 4.18. The van der Waals surface area contributed by atoms with Crippen LogP contribution in [0.5, 0.6) is 0 Å². The van der Waals surface area contributed by atoms with Crippen molar-refractivity contribution in [2.45, 2.75) is 13.5 Å². The zero-order valence-corrected chi connectivity index (χ0v) is 10.9. The monoisotopic (exact) mass is 262 g/mol. The van der Waals surface area contributed by atoms with E-state index in [-0.39, 0.29) is 5.56 Å². The van der Waals surface area contributed by atoms with Crippen molar-refractivity contribution in [2.24, 2.45) is 0 Å². The van der Waals surface area contributed by atoms with Gasteiger partial charge in [-0.15, -0.1) is 0 Å². The molecule has 0 aliphatic rings. The number of rotatable bonds is 4. The second-order valence-electron chi connectivity index (χ2n) is 4.01. The third-order valence-corrected chi connectivity index (χ3v) is 2.96. The number of nitrogens with one attached hydrogen (secondary N) is 2. The van der Waals surface area contributed by atoms with Gasteiger partial charge in [0, 0.05) is 22.8 Å². The van der Waals surface area contributed by atoms with Crippen LogP contribution in [0.1, 0.15) is 12.5 Å². The average Bonchev–Trinajstić information content (AvgIpc) is 2.38. The van der Waals surface area contributed by atoms with E-state index in [0.717, 1.165) is 23.4 Å². The Morgan fingerprint density at radius 3 is 2.50 bits per heavy atom. The van der Waals surface area contributed by atoms with Crippen molar-refractivity contribution >= 4 is 11.6 Å². The van der Waals surface area contributed by atoms with E-state index in [1.807, 2.05) is 43.3 Å². The molecule has 2 N–H and O–H groups in total. The van der Waals surface area contributed by atoms with Crippen molar-refractivity contribution < 1.29 is 0 Å². The summed E-state index contributed by atoms with van der Waals surface area (Å²) >= 11 is 5.83. The largest absolute Gasteiger partial charge is 0.322 e. The molecule has 2 aromatic rings. The highest BCUT2D eigenvalue weighted by Gasteiger charge is 2.02. The van der Waals surface area contributed by atoms with Gasteiger partial charge in [-0.2, -0.15) is 0 Å². The minimum absolute atomic E-state index is 0.0524. The number of halogens is 1. The Morgan fingerprint density at radius 1 is 1.17 bits per heavy atom. The number of hydrogen-bond donors (Lipinski definition) is 2. The number of H-pyrrole nitrogens is 1. The molecular formula is C14H15ClN2O. The Hall–Kier alpha value is -1.58. The summed E-state index contributed by atoms with van der Waals surface area (Å²) in [6.45, 7) is 3.45. The highest BCUT2D eigenvalue weighted by Crippen LogP contribution is 2.18. The van der Waals surface area contributed by atoms with Crippen LogP contribution in [-0.4, -0.2) is 11.5 Å². The van der Waals surface area contributed by atoms with Gasteiger partial charge in [0.2, 0.25) is 0 Å². The van der Waals surface area contributed by atoms with E-state index in [1.54, 1.807) is 0 Å². The summed E-state index contributed by atoms with van der Waals surface area (Å²) < 4.78 is 0. The molecule has 0 saturated carbocycles. The lowest BCUT2D eigenvalue weighted by molar-refractivity contribution is 0.720. The van der Waals surface area contributed by atoms with Gasteiger partial charge in [0.25, 0.3) is 5.56 Å². The van der Waals surface area contributed by atoms with Crippen LogP contribution < -0.4 is 10.9 Å². The molecule has 0 aliphatic carbocycles. The fraction of sp³-hybridized carbons (Fsp3) is 0.214. The second kappa shape index (κ2) is 5.85. The standard InChI is InChI=1S/C14H15ClN2O/c1-2-16-9-11-5-8-13(17-14(11)18)10-3-6-12(15)7-4-10/h3-8,16H,2,9H2,1H3,(H,17,18). The molecule has 0 fully saturated rings. The molecule has 0 atom stereocenters. The molecular weight excluding hydrogens is 248 g/mol. The predicted molar refractivity (Wildman–Crippen MR) is 74.9 cm³/mol. The molecule has 0 radical (unpaired) electrons. The molecule has 94 valence electrons. The van der Waals surface area contributed by atoms with E-state index in [2.05, 4.69) is 10.3 Å². The van der Waals surface area contributed by atoms with Crippen molar-refractivity contribution in [3.05, 3.63) is 57.3 Å².